The van der Waals surface area contributed by atoms with Gasteiger partial charge in [-0.1, -0.05) is 0 Å². The highest BCUT2D eigenvalue weighted by molar-refractivity contribution is 5.81. The SMILES string of the molecule is CC(C)n1cnc2c(=O)[nH]c(NC(C)n3cnc4c(N)ncnc43)nc21. The number of hydrogen-bond donors (Lipinski definition) is 3. The molecule has 0 spiro atoms. The van der Waals surface area contributed by atoms with E-state index in [0.29, 0.717) is 34.1 Å². The number of anilines is 2. The number of hydrogen-bond acceptors (Lipinski definition) is 8. The van der Waals surface area contributed by atoms with Crippen molar-refractivity contribution in [2.75, 3.05) is 11.1 Å². The molecule has 0 saturated heterocycles. The highest BCUT2D eigenvalue weighted by atomic mass is 16.1. The quantitative estimate of drug-likeness (QED) is 0.493. The molecule has 0 aliphatic carbocycles. The van der Waals surface area contributed by atoms with Gasteiger partial charge >= 0.3 is 0 Å². The van der Waals surface area contributed by atoms with Gasteiger partial charge in [-0.25, -0.2) is 19.9 Å². The number of rotatable bonds is 4. The van der Waals surface area contributed by atoms with E-state index in [9.17, 15) is 4.79 Å². The molecular formula is C15H18N10O. The Morgan fingerprint density at radius 3 is 2.54 bits per heavy atom. The molecule has 4 rings (SSSR count). The summed E-state index contributed by atoms with van der Waals surface area (Å²) < 4.78 is 3.64. The van der Waals surface area contributed by atoms with Crippen molar-refractivity contribution in [1.29, 1.82) is 0 Å². The first-order chi connectivity index (χ1) is 12.5. The van der Waals surface area contributed by atoms with E-state index in [1.807, 2.05) is 25.3 Å². The van der Waals surface area contributed by atoms with E-state index in [0.717, 1.165) is 0 Å². The first-order valence-electron chi connectivity index (χ1n) is 8.12. The summed E-state index contributed by atoms with van der Waals surface area (Å²) in [6.07, 6.45) is 4.33. The summed E-state index contributed by atoms with van der Waals surface area (Å²) in [6.45, 7) is 5.90. The lowest BCUT2D eigenvalue weighted by Gasteiger charge is -2.16. The standard InChI is InChI=1S/C15H18N10O/c1-7(2)24-5-20-10-13(24)22-15(23-14(10)26)21-8(3)25-6-19-9-11(16)17-4-18-12(9)25/h4-8H,1-3H3,(H2,16,17,18)(H2,21,22,23,26). The number of H-pyrrole nitrogens is 1. The molecule has 4 heterocycles. The molecule has 0 fully saturated rings. The van der Waals surface area contributed by atoms with Crippen LogP contribution in [0, 0.1) is 0 Å². The molecule has 4 aromatic rings. The molecule has 26 heavy (non-hydrogen) atoms. The second kappa shape index (κ2) is 5.79. The summed E-state index contributed by atoms with van der Waals surface area (Å²) in [5.74, 6) is 0.649. The molecule has 4 aromatic heterocycles. The summed E-state index contributed by atoms with van der Waals surface area (Å²) in [5, 5.41) is 3.16. The lowest BCUT2D eigenvalue weighted by atomic mass is 10.4. The van der Waals surface area contributed by atoms with Gasteiger partial charge in [-0.2, -0.15) is 4.98 Å². The summed E-state index contributed by atoms with van der Waals surface area (Å²) >= 11 is 0. The number of imidazole rings is 2. The van der Waals surface area contributed by atoms with Crippen molar-refractivity contribution >= 4 is 34.1 Å². The number of aromatic nitrogens is 8. The molecule has 11 nitrogen and oxygen atoms in total. The third-order valence-corrected chi connectivity index (χ3v) is 4.14. The van der Waals surface area contributed by atoms with Gasteiger partial charge in [0.1, 0.15) is 18.0 Å². The second-order valence-electron chi connectivity index (χ2n) is 6.24. The molecule has 0 amide bonds. The number of fused-ring (bicyclic) bond motifs is 2. The van der Waals surface area contributed by atoms with E-state index in [1.54, 1.807) is 17.2 Å². The van der Waals surface area contributed by atoms with Crippen LogP contribution in [0.2, 0.25) is 0 Å². The predicted molar refractivity (Wildman–Crippen MR) is 96.6 cm³/mol. The first kappa shape index (κ1) is 16.0. The molecule has 0 aliphatic heterocycles. The van der Waals surface area contributed by atoms with Crippen molar-refractivity contribution < 1.29 is 0 Å². The third-order valence-electron chi connectivity index (χ3n) is 4.14. The van der Waals surface area contributed by atoms with Crippen molar-refractivity contribution in [3.8, 4) is 0 Å². The van der Waals surface area contributed by atoms with Gasteiger partial charge < -0.3 is 15.6 Å². The number of nitrogens with zero attached hydrogens (tertiary/aromatic N) is 7. The number of nitrogens with one attached hydrogen (secondary N) is 2. The molecule has 0 saturated carbocycles. The fraction of sp³-hybridized carbons (Fsp3) is 0.333. The maximum atomic E-state index is 12.3. The number of aromatic amines is 1. The molecule has 0 bridgehead atoms. The average Bonchev–Trinajstić information content (AvgIpc) is 3.19. The Hall–Kier alpha value is -3.50. The Balaban J connectivity index is 1.73. The molecule has 0 aliphatic rings. The van der Waals surface area contributed by atoms with Gasteiger partial charge in [-0.15, -0.1) is 0 Å². The predicted octanol–water partition coefficient (Wildman–Crippen LogP) is 1.05. The lowest BCUT2D eigenvalue weighted by Crippen LogP contribution is -2.20. The van der Waals surface area contributed by atoms with Gasteiger partial charge in [0.15, 0.2) is 22.6 Å². The highest BCUT2D eigenvalue weighted by Crippen LogP contribution is 2.20. The van der Waals surface area contributed by atoms with Crippen molar-refractivity contribution in [2.45, 2.75) is 33.0 Å². The van der Waals surface area contributed by atoms with Crippen LogP contribution < -0.4 is 16.6 Å². The Bertz CT molecular complexity index is 1150. The van der Waals surface area contributed by atoms with Crippen molar-refractivity contribution in [3.05, 3.63) is 29.3 Å². The largest absolute Gasteiger partial charge is 0.382 e. The summed E-state index contributed by atoms with van der Waals surface area (Å²) in [6, 6.07) is 0.136. The van der Waals surface area contributed by atoms with Gasteiger partial charge in [-0.05, 0) is 20.8 Å². The summed E-state index contributed by atoms with van der Waals surface area (Å²) in [7, 11) is 0. The van der Waals surface area contributed by atoms with E-state index in [1.165, 1.54) is 6.33 Å². The molecule has 134 valence electrons. The van der Waals surface area contributed by atoms with Gasteiger partial charge in [-0.3, -0.25) is 14.3 Å². The normalized spacial score (nSPS) is 12.9. The maximum absolute atomic E-state index is 12.3. The zero-order valence-electron chi connectivity index (χ0n) is 14.5. The molecule has 0 radical (unpaired) electrons. The van der Waals surface area contributed by atoms with Crippen LogP contribution >= 0.6 is 0 Å². The van der Waals surface area contributed by atoms with E-state index in [-0.39, 0.29) is 17.8 Å². The van der Waals surface area contributed by atoms with Gasteiger partial charge in [0.25, 0.3) is 5.56 Å². The van der Waals surface area contributed by atoms with Crippen LogP contribution in [0.25, 0.3) is 22.3 Å². The fourth-order valence-corrected chi connectivity index (χ4v) is 2.79. The van der Waals surface area contributed by atoms with Gasteiger partial charge in [0, 0.05) is 6.04 Å². The van der Waals surface area contributed by atoms with Crippen LogP contribution in [-0.2, 0) is 0 Å². The zero-order chi connectivity index (χ0) is 18.4. The third kappa shape index (κ3) is 2.44. The zero-order valence-corrected chi connectivity index (χ0v) is 14.5. The second-order valence-corrected chi connectivity index (χ2v) is 6.24. The van der Waals surface area contributed by atoms with E-state index in [2.05, 4.69) is 35.2 Å². The van der Waals surface area contributed by atoms with E-state index in [4.69, 9.17) is 5.73 Å². The van der Waals surface area contributed by atoms with Crippen molar-refractivity contribution in [2.24, 2.45) is 0 Å². The number of nitrogen functional groups attached to an aromatic ring is 1. The minimum absolute atomic E-state index is 0.136. The lowest BCUT2D eigenvalue weighted by molar-refractivity contribution is 0.608. The minimum atomic E-state index is -0.300. The summed E-state index contributed by atoms with van der Waals surface area (Å²) in [4.78, 5) is 36.1. The fourth-order valence-electron chi connectivity index (χ4n) is 2.79. The molecule has 11 heteroatoms. The topological polar surface area (TPSA) is 145 Å². The van der Waals surface area contributed by atoms with E-state index >= 15 is 0 Å². The van der Waals surface area contributed by atoms with Gasteiger partial charge in [0.2, 0.25) is 5.95 Å². The molecule has 1 unspecified atom stereocenters. The molecule has 1 atom stereocenters. The van der Waals surface area contributed by atoms with Crippen LogP contribution in [0.3, 0.4) is 0 Å². The average molecular weight is 354 g/mol. The van der Waals surface area contributed by atoms with Crippen molar-refractivity contribution in [1.82, 2.24) is 39.0 Å². The Labute approximate surface area is 147 Å². The summed E-state index contributed by atoms with van der Waals surface area (Å²) in [5.41, 5.74) is 7.47. The molecule has 4 N–H and O–H groups in total. The maximum Gasteiger partial charge on any atom is 0.280 e. The first-order valence-corrected chi connectivity index (χ1v) is 8.12. The van der Waals surface area contributed by atoms with Gasteiger partial charge in [0.05, 0.1) is 12.7 Å². The molecular weight excluding hydrogens is 336 g/mol. The van der Waals surface area contributed by atoms with Crippen molar-refractivity contribution in [3.63, 3.8) is 0 Å². The molecule has 0 aromatic carbocycles. The van der Waals surface area contributed by atoms with Crippen LogP contribution in [-0.4, -0.2) is 39.0 Å². The van der Waals surface area contributed by atoms with Crippen LogP contribution in [0.5, 0.6) is 0 Å². The Morgan fingerprint density at radius 1 is 1.04 bits per heavy atom. The van der Waals surface area contributed by atoms with E-state index < -0.39 is 0 Å². The Kier molecular flexibility index (Phi) is 3.56. The smallest absolute Gasteiger partial charge is 0.280 e. The van der Waals surface area contributed by atoms with Crippen LogP contribution in [0.4, 0.5) is 11.8 Å². The highest BCUT2D eigenvalue weighted by Gasteiger charge is 2.16. The van der Waals surface area contributed by atoms with Crippen LogP contribution in [0.1, 0.15) is 33.0 Å². The monoisotopic (exact) mass is 354 g/mol. The minimum Gasteiger partial charge on any atom is -0.382 e. The Morgan fingerprint density at radius 2 is 1.77 bits per heavy atom. The van der Waals surface area contributed by atoms with Crippen LogP contribution in [0.15, 0.2) is 23.8 Å². The number of nitrogens with two attached hydrogens (primary N) is 1.